The quantitative estimate of drug-likeness (QED) is 0.497. The van der Waals surface area contributed by atoms with Gasteiger partial charge in [0.05, 0.1) is 0 Å². The molecule has 1 aliphatic carbocycles. The monoisotopic (exact) mass is 254 g/mol. The third kappa shape index (κ3) is 7.38. The summed E-state index contributed by atoms with van der Waals surface area (Å²) in [5.74, 6) is 0. The van der Waals surface area contributed by atoms with Gasteiger partial charge in [0.25, 0.3) is 0 Å². The maximum atomic E-state index is 3.48. The van der Waals surface area contributed by atoms with Crippen LogP contribution in [-0.2, 0) is 0 Å². The molecule has 0 amide bonds. The fraction of sp³-hybridized carbons (Fsp3) is 1.00. The Morgan fingerprint density at radius 3 is 2.33 bits per heavy atom. The van der Waals surface area contributed by atoms with Gasteiger partial charge in [-0.1, -0.05) is 39.0 Å². The van der Waals surface area contributed by atoms with Crippen molar-refractivity contribution in [2.75, 3.05) is 26.7 Å². The lowest BCUT2D eigenvalue weighted by molar-refractivity contribution is 0.216. The summed E-state index contributed by atoms with van der Waals surface area (Å²) < 4.78 is 0. The summed E-state index contributed by atoms with van der Waals surface area (Å²) in [6.45, 7) is 5.93. The predicted octanol–water partition coefficient (Wildman–Crippen LogP) is 3.81. The van der Waals surface area contributed by atoms with Gasteiger partial charge < -0.3 is 10.2 Å². The zero-order valence-corrected chi connectivity index (χ0v) is 12.7. The summed E-state index contributed by atoms with van der Waals surface area (Å²) >= 11 is 0. The van der Waals surface area contributed by atoms with Gasteiger partial charge in [0.2, 0.25) is 0 Å². The second kappa shape index (κ2) is 10.8. The Balaban J connectivity index is 1.96. The van der Waals surface area contributed by atoms with Crippen LogP contribution in [0, 0.1) is 0 Å². The van der Waals surface area contributed by atoms with Crippen LogP contribution in [0.5, 0.6) is 0 Å². The van der Waals surface area contributed by atoms with Crippen LogP contribution < -0.4 is 5.32 Å². The molecule has 2 nitrogen and oxygen atoms in total. The lowest BCUT2D eigenvalue weighted by atomic mass is 10.1. The molecular formula is C16H34N2. The number of unbranched alkanes of at least 4 members (excludes halogenated alkanes) is 2. The lowest BCUT2D eigenvalue weighted by Gasteiger charge is -2.27. The Labute approximate surface area is 115 Å². The Bertz CT molecular complexity index is 174. The van der Waals surface area contributed by atoms with Crippen molar-refractivity contribution in [1.29, 1.82) is 0 Å². The van der Waals surface area contributed by atoms with Crippen LogP contribution in [0.1, 0.15) is 71.1 Å². The normalized spacial score (nSPS) is 18.2. The first-order valence-corrected chi connectivity index (χ1v) is 8.25. The van der Waals surface area contributed by atoms with Crippen molar-refractivity contribution in [3.8, 4) is 0 Å². The molecule has 0 bridgehead atoms. The molecule has 0 aromatic heterocycles. The molecule has 0 radical (unpaired) electrons. The SMILES string of the molecule is CCCNCCCCCN(C)C1CCCCCC1. The van der Waals surface area contributed by atoms with Gasteiger partial charge in [0.15, 0.2) is 0 Å². The maximum Gasteiger partial charge on any atom is 0.00922 e. The summed E-state index contributed by atoms with van der Waals surface area (Å²) in [7, 11) is 2.34. The van der Waals surface area contributed by atoms with Crippen molar-refractivity contribution >= 4 is 0 Å². The largest absolute Gasteiger partial charge is 0.317 e. The van der Waals surface area contributed by atoms with Gasteiger partial charge >= 0.3 is 0 Å². The van der Waals surface area contributed by atoms with E-state index in [9.17, 15) is 0 Å². The first kappa shape index (κ1) is 16.0. The molecule has 0 spiro atoms. The molecule has 0 aromatic carbocycles. The van der Waals surface area contributed by atoms with E-state index in [4.69, 9.17) is 0 Å². The van der Waals surface area contributed by atoms with Gasteiger partial charge in [-0.05, 0) is 58.8 Å². The first-order chi connectivity index (χ1) is 8.84. The van der Waals surface area contributed by atoms with Crippen molar-refractivity contribution in [1.82, 2.24) is 10.2 Å². The highest BCUT2D eigenvalue weighted by molar-refractivity contribution is 4.72. The standard InChI is InChI=1S/C16H34N2/c1-3-13-17-14-9-6-10-15-18(2)16-11-7-4-5-8-12-16/h16-17H,3-15H2,1-2H3. The molecule has 2 heteroatoms. The van der Waals surface area contributed by atoms with Gasteiger partial charge in [-0.15, -0.1) is 0 Å². The summed E-state index contributed by atoms with van der Waals surface area (Å²) in [5, 5.41) is 3.48. The molecule has 1 rings (SSSR count). The molecule has 18 heavy (non-hydrogen) atoms. The highest BCUT2D eigenvalue weighted by Crippen LogP contribution is 2.21. The minimum Gasteiger partial charge on any atom is -0.317 e. The van der Waals surface area contributed by atoms with Gasteiger partial charge in [0, 0.05) is 6.04 Å². The van der Waals surface area contributed by atoms with Gasteiger partial charge in [0.1, 0.15) is 0 Å². The van der Waals surface area contributed by atoms with E-state index in [2.05, 4.69) is 24.2 Å². The molecule has 1 saturated carbocycles. The van der Waals surface area contributed by atoms with Crippen LogP contribution in [0.15, 0.2) is 0 Å². The fourth-order valence-electron chi connectivity index (χ4n) is 2.97. The molecule has 0 unspecified atom stereocenters. The maximum absolute atomic E-state index is 3.48. The number of nitrogens with zero attached hydrogens (tertiary/aromatic N) is 1. The minimum atomic E-state index is 0.880. The van der Waals surface area contributed by atoms with Crippen LogP contribution in [-0.4, -0.2) is 37.6 Å². The first-order valence-electron chi connectivity index (χ1n) is 8.25. The summed E-state index contributed by atoms with van der Waals surface area (Å²) in [6.07, 6.45) is 14.1. The molecule has 1 fully saturated rings. The van der Waals surface area contributed by atoms with E-state index in [1.807, 2.05) is 0 Å². The van der Waals surface area contributed by atoms with Crippen LogP contribution >= 0.6 is 0 Å². The summed E-state index contributed by atoms with van der Waals surface area (Å²) in [6, 6.07) is 0.880. The van der Waals surface area contributed by atoms with E-state index in [1.165, 1.54) is 83.8 Å². The van der Waals surface area contributed by atoms with E-state index in [-0.39, 0.29) is 0 Å². The Morgan fingerprint density at radius 1 is 0.944 bits per heavy atom. The fourth-order valence-corrected chi connectivity index (χ4v) is 2.97. The average Bonchev–Trinajstić information content (AvgIpc) is 2.66. The second-order valence-corrected chi connectivity index (χ2v) is 5.94. The van der Waals surface area contributed by atoms with Gasteiger partial charge in [-0.2, -0.15) is 0 Å². The predicted molar refractivity (Wildman–Crippen MR) is 81.1 cm³/mol. The third-order valence-corrected chi connectivity index (χ3v) is 4.24. The molecule has 0 aromatic rings. The van der Waals surface area contributed by atoms with E-state index in [0.717, 1.165) is 6.04 Å². The molecule has 0 heterocycles. The lowest BCUT2D eigenvalue weighted by Crippen LogP contribution is -2.32. The minimum absolute atomic E-state index is 0.880. The smallest absolute Gasteiger partial charge is 0.00922 e. The number of nitrogens with one attached hydrogen (secondary N) is 1. The second-order valence-electron chi connectivity index (χ2n) is 5.94. The molecule has 0 atom stereocenters. The van der Waals surface area contributed by atoms with Crippen molar-refractivity contribution in [2.24, 2.45) is 0 Å². The van der Waals surface area contributed by atoms with Crippen LogP contribution in [0.3, 0.4) is 0 Å². The van der Waals surface area contributed by atoms with Crippen molar-refractivity contribution < 1.29 is 0 Å². The number of hydrogen-bond donors (Lipinski definition) is 1. The highest BCUT2D eigenvalue weighted by atomic mass is 15.1. The Morgan fingerprint density at radius 2 is 1.67 bits per heavy atom. The number of hydrogen-bond acceptors (Lipinski definition) is 2. The zero-order chi connectivity index (χ0) is 13.1. The molecule has 1 aliphatic rings. The summed E-state index contributed by atoms with van der Waals surface area (Å²) in [5.41, 5.74) is 0. The van der Waals surface area contributed by atoms with Crippen LogP contribution in [0.25, 0.3) is 0 Å². The zero-order valence-electron chi connectivity index (χ0n) is 12.7. The molecule has 0 aliphatic heterocycles. The van der Waals surface area contributed by atoms with Crippen LogP contribution in [0.2, 0.25) is 0 Å². The number of rotatable bonds is 9. The highest BCUT2D eigenvalue weighted by Gasteiger charge is 2.15. The van der Waals surface area contributed by atoms with E-state index in [0.29, 0.717) is 0 Å². The van der Waals surface area contributed by atoms with Gasteiger partial charge in [-0.3, -0.25) is 0 Å². The van der Waals surface area contributed by atoms with Crippen molar-refractivity contribution in [3.63, 3.8) is 0 Å². The Kier molecular flexibility index (Phi) is 9.59. The van der Waals surface area contributed by atoms with Gasteiger partial charge in [-0.25, -0.2) is 0 Å². The Hall–Kier alpha value is -0.0800. The van der Waals surface area contributed by atoms with E-state index in [1.54, 1.807) is 0 Å². The van der Waals surface area contributed by atoms with E-state index >= 15 is 0 Å². The molecule has 1 N–H and O–H groups in total. The molecule has 0 saturated heterocycles. The van der Waals surface area contributed by atoms with Crippen molar-refractivity contribution in [3.05, 3.63) is 0 Å². The summed E-state index contributed by atoms with van der Waals surface area (Å²) in [4.78, 5) is 2.63. The molecule has 108 valence electrons. The third-order valence-electron chi connectivity index (χ3n) is 4.24. The van der Waals surface area contributed by atoms with Crippen molar-refractivity contribution in [2.45, 2.75) is 77.2 Å². The average molecular weight is 254 g/mol. The molecular weight excluding hydrogens is 220 g/mol. The van der Waals surface area contributed by atoms with E-state index < -0.39 is 0 Å². The van der Waals surface area contributed by atoms with Crippen LogP contribution in [0.4, 0.5) is 0 Å². The topological polar surface area (TPSA) is 15.3 Å².